The Balaban J connectivity index is 1.86. The van der Waals surface area contributed by atoms with Crippen molar-refractivity contribution in [3.05, 3.63) is 0 Å². The van der Waals surface area contributed by atoms with Crippen molar-refractivity contribution in [2.24, 2.45) is 0 Å². The van der Waals surface area contributed by atoms with E-state index in [-0.39, 0.29) is 0 Å². The number of piperidine rings is 1. The van der Waals surface area contributed by atoms with Gasteiger partial charge in [0.2, 0.25) is 0 Å². The Hall–Kier alpha value is -0.120. The van der Waals surface area contributed by atoms with Gasteiger partial charge in [0, 0.05) is 31.7 Å². The number of likely N-dealkylation sites (N-methyl/N-ethyl adjacent to an activating group) is 1. The number of nitrogens with one attached hydrogen (secondary N) is 1. The molecule has 3 heterocycles. The Morgan fingerprint density at radius 3 is 2.93 bits per heavy atom. The molecule has 0 amide bonds. The summed E-state index contributed by atoms with van der Waals surface area (Å²) in [6.07, 6.45) is 4.15. The van der Waals surface area contributed by atoms with Crippen molar-refractivity contribution in [1.82, 2.24) is 15.1 Å². The lowest BCUT2D eigenvalue weighted by Gasteiger charge is -2.36. The third kappa shape index (κ3) is 2.47. The van der Waals surface area contributed by atoms with E-state index in [4.69, 9.17) is 0 Å². The lowest BCUT2D eigenvalue weighted by molar-refractivity contribution is 0.132. The van der Waals surface area contributed by atoms with Crippen molar-refractivity contribution in [3.63, 3.8) is 0 Å². The standard InChI is InChI=1S/C11H23N3/c1-13(2)7-8-14-9-10-3-4-11(14)5-6-12-10/h10-12H,3-9H2,1-2H3. The van der Waals surface area contributed by atoms with Gasteiger partial charge in [-0.1, -0.05) is 0 Å². The van der Waals surface area contributed by atoms with Crippen LogP contribution in [-0.4, -0.2) is 62.2 Å². The zero-order valence-electron chi connectivity index (χ0n) is 9.50. The second kappa shape index (κ2) is 4.60. The predicted octanol–water partition coefficient (Wildman–Crippen LogP) is 0.374. The molecule has 0 aromatic heterocycles. The molecule has 3 aliphatic rings. The molecule has 0 aromatic carbocycles. The highest BCUT2D eigenvalue weighted by atomic mass is 15.2. The van der Waals surface area contributed by atoms with E-state index < -0.39 is 0 Å². The quantitative estimate of drug-likeness (QED) is 0.705. The maximum Gasteiger partial charge on any atom is 0.0195 e. The van der Waals surface area contributed by atoms with E-state index >= 15 is 0 Å². The molecule has 1 N–H and O–H groups in total. The highest BCUT2D eigenvalue weighted by molar-refractivity contribution is 4.89. The fraction of sp³-hybridized carbons (Fsp3) is 1.00. The molecule has 2 unspecified atom stereocenters. The molecule has 3 aliphatic heterocycles. The third-order valence-electron chi connectivity index (χ3n) is 3.56. The first-order valence-electron chi connectivity index (χ1n) is 5.88. The fourth-order valence-electron chi connectivity index (χ4n) is 2.65. The summed E-state index contributed by atoms with van der Waals surface area (Å²) in [5.74, 6) is 0. The summed E-state index contributed by atoms with van der Waals surface area (Å²) in [6.45, 7) is 4.95. The topological polar surface area (TPSA) is 18.5 Å². The second-order valence-corrected chi connectivity index (χ2v) is 4.97. The van der Waals surface area contributed by atoms with Crippen molar-refractivity contribution < 1.29 is 0 Å². The number of rotatable bonds is 3. The summed E-state index contributed by atoms with van der Waals surface area (Å²) < 4.78 is 0. The third-order valence-corrected chi connectivity index (χ3v) is 3.56. The summed E-state index contributed by atoms with van der Waals surface area (Å²) in [5, 5.41) is 3.64. The first-order chi connectivity index (χ1) is 6.75. The second-order valence-electron chi connectivity index (χ2n) is 4.97. The minimum atomic E-state index is 0.774. The zero-order chi connectivity index (χ0) is 9.97. The van der Waals surface area contributed by atoms with Crippen LogP contribution in [0.15, 0.2) is 0 Å². The van der Waals surface area contributed by atoms with Crippen LogP contribution >= 0.6 is 0 Å². The number of fused-ring (bicyclic) bond motifs is 4. The van der Waals surface area contributed by atoms with Crippen LogP contribution in [0, 0.1) is 0 Å². The van der Waals surface area contributed by atoms with Gasteiger partial charge in [-0.25, -0.2) is 0 Å². The van der Waals surface area contributed by atoms with E-state index in [2.05, 4.69) is 29.2 Å². The van der Waals surface area contributed by atoms with Gasteiger partial charge < -0.3 is 10.2 Å². The zero-order valence-corrected chi connectivity index (χ0v) is 9.50. The Kier molecular flexibility index (Phi) is 3.42. The van der Waals surface area contributed by atoms with Gasteiger partial charge >= 0.3 is 0 Å². The molecule has 0 spiro atoms. The molecule has 14 heavy (non-hydrogen) atoms. The molecule has 2 atom stereocenters. The Morgan fingerprint density at radius 1 is 1.29 bits per heavy atom. The lowest BCUT2D eigenvalue weighted by Crippen LogP contribution is -2.48. The molecule has 3 nitrogen and oxygen atoms in total. The fourth-order valence-corrected chi connectivity index (χ4v) is 2.65. The minimum absolute atomic E-state index is 0.774. The van der Waals surface area contributed by atoms with Gasteiger partial charge in [0.15, 0.2) is 0 Å². The monoisotopic (exact) mass is 197 g/mol. The molecule has 3 fully saturated rings. The van der Waals surface area contributed by atoms with E-state index in [1.165, 1.54) is 45.4 Å². The van der Waals surface area contributed by atoms with Crippen molar-refractivity contribution in [2.75, 3.05) is 40.3 Å². The summed E-state index contributed by atoms with van der Waals surface area (Å²) in [5.41, 5.74) is 0. The molecular formula is C11H23N3. The Labute approximate surface area is 87.4 Å². The molecule has 82 valence electrons. The molecule has 0 aliphatic carbocycles. The van der Waals surface area contributed by atoms with Crippen molar-refractivity contribution in [1.29, 1.82) is 0 Å². The van der Waals surface area contributed by atoms with Gasteiger partial charge in [0.25, 0.3) is 0 Å². The predicted molar refractivity (Wildman–Crippen MR) is 59.6 cm³/mol. The molecule has 0 radical (unpaired) electrons. The van der Waals surface area contributed by atoms with E-state index in [9.17, 15) is 0 Å². The largest absolute Gasteiger partial charge is 0.313 e. The average molecular weight is 197 g/mol. The van der Waals surface area contributed by atoms with Crippen LogP contribution in [0.3, 0.4) is 0 Å². The molecular weight excluding hydrogens is 174 g/mol. The normalized spacial score (nSPS) is 33.6. The average Bonchev–Trinajstić information content (AvgIpc) is 2.48. The Morgan fingerprint density at radius 2 is 2.14 bits per heavy atom. The van der Waals surface area contributed by atoms with Crippen LogP contribution in [0.1, 0.15) is 19.3 Å². The molecule has 3 heteroatoms. The van der Waals surface area contributed by atoms with Crippen LogP contribution in [0.4, 0.5) is 0 Å². The minimum Gasteiger partial charge on any atom is -0.313 e. The summed E-state index contributed by atoms with van der Waals surface area (Å²) in [7, 11) is 4.32. The van der Waals surface area contributed by atoms with Crippen molar-refractivity contribution in [2.45, 2.75) is 31.3 Å². The van der Waals surface area contributed by atoms with Gasteiger partial charge in [0.1, 0.15) is 0 Å². The highest BCUT2D eigenvalue weighted by Crippen LogP contribution is 2.22. The SMILES string of the molecule is CN(C)CCN1CC2CCC1CCN2. The van der Waals surface area contributed by atoms with Crippen molar-refractivity contribution >= 4 is 0 Å². The first-order valence-corrected chi connectivity index (χ1v) is 5.88. The van der Waals surface area contributed by atoms with Crippen LogP contribution in [0.2, 0.25) is 0 Å². The van der Waals surface area contributed by atoms with Gasteiger partial charge in [0.05, 0.1) is 0 Å². The Bertz CT molecular complexity index is 177. The lowest BCUT2D eigenvalue weighted by atomic mass is 9.99. The van der Waals surface area contributed by atoms with E-state index in [0.717, 1.165) is 12.1 Å². The van der Waals surface area contributed by atoms with Crippen LogP contribution in [0.25, 0.3) is 0 Å². The van der Waals surface area contributed by atoms with Crippen LogP contribution < -0.4 is 5.32 Å². The first kappa shape index (κ1) is 10.4. The number of nitrogens with zero attached hydrogens (tertiary/aromatic N) is 2. The summed E-state index contributed by atoms with van der Waals surface area (Å²) >= 11 is 0. The smallest absolute Gasteiger partial charge is 0.0195 e. The number of hydrogen-bond donors (Lipinski definition) is 1. The van der Waals surface area contributed by atoms with Gasteiger partial charge in [-0.3, -0.25) is 4.90 Å². The molecule has 3 rings (SSSR count). The van der Waals surface area contributed by atoms with Gasteiger partial charge in [-0.15, -0.1) is 0 Å². The molecule has 0 saturated carbocycles. The highest BCUT2D eigenvalue weighted by Gasteiger charge is 2.30. The molecule has 2 bridgehead atoms. The van der Waals surface area contributed by atoms with E-state index in [0.29, 0.717) is 0 Å². The summed E-state index contributed by atoms with van der Waals surface area (Å²) in [4.78, 5) is 4.97. The van der Waals surface area contributed by atoms with Crippen LogP contribution in [-0.2, 0) is 0 Å². The maximum absolute atomic E-state index is 3.64. The summed E-state index contributed by atoms with van der Waals surface area (Å²) in [6, 6.07) is 1.64. The molecule has 0 aromatic rings. The number of hydrogen-bond acceptors (Lipinski definition) is 3. The van der Waals surface area contributed by atoms with E-state index in [1.807, 2.05) is 0 Å². The van der Waals surface area contributed by atoms with E-state index in [1.54, 1.807) is 0 Å². The van der Waals surface area contributed by atoms with Crippen LogP contribution in [0.5, 0.6) is 0 Å². The van der Waals surface area contributed by atoms with Gasteiger partial charge in [-0.05, 0) is 39.9 Å². The molecule has 3 saturated heterocycles. The van der Waals surface area contributed by atoms with Crippen molar-refractivity contribution in [3.8, 4) is 0 Å². The maximum atomic E-state index is 3.64. The van der Waals surface area contributed by atoms with Gasteiger partial charge in [-0.2, -0.15) is 0 Å².